The van der Waals surface area contributed by atoms with E-state index in [2.05, 4.69) is 44.7 Å². The maximum Gasteiger partial charge on any atom is 0.310 e. The number of nitrogens with zero attached hydrogens (tertiary/aromatic N) is 1. The van der Waals surface area contributed by atoms with E-state index in [0.29, 0.717) is 12.3 Å². The van der Waals surface area contributed by atoms with Crippen LogP contribution in [-0.2, 0) is 9.53 Å². The molecule has 0 aromatic rings. The first-order chi connectivity index (χ1) is 9.77. The van der Waals surface area contributed by atoms with Gasteiger partial charge in [-0.3, -0.25) is 4.79 Å². The zero-order valence-corrected chi connectivity index (χ0v) is 14.5. The van der Waals surface area contributed by atoms with Gasteiger partial charge in [-0.05, 0) is 23.8 Å². The predicted molar refractivity (Wildman–Crippen MR) is 87.6 cm³/mol. The number of allylic oxidation sites excluding steroid dienone is 3. The number of ether oxygens (including phenoxy) is 1. The highest BCUT2D eigenvalue weighted by atomic mass is 16.5. The Morgan fingerprint density at radius 2 is 2.05 bits per heavy atom. The molecule has 21 heavy (non-hydrogen) atoms. The van der Waals surface area contributed by atoms with Gasteiger partial charge in [0.15, 0.2) is 0 Å². The van der Waals surface area contributed by atoms with Gasteiger partial charge in [0.25, 0.3) is 0 Å². The van der Waals surface area contributed by atoms with E-state index in [9.17, 15) is 4.79 Å². The third-order valence-electron chi connectivity index (χ3n) is 3.71. The molecule has 0 spiro atoms. The second-order valence-electron chi connectivity index (χ2n) is 6.94. The number of carbonyl (C=O) groups is 1. The van der Waals surface area contributed by atoms with E-state index >= 15 is 0 Å². The Kier molecular flexibility index (Phi) is 6.50. The molecule has 0 N–H and O–H groups in total. The number of esters is 1. The maximum atomic E-state index is 11.5. The van der Waals surface area contributed by atoms with E-state index in [0.717, 1.165) is 31.7 Å². The van der Waals surface area contributed by atoms with Crippen LogP contribution in [0.25, 0.3) is 0 Å². The monoisotopic (exact) mass is 293 g/mol. The minimum Gasteiger partial charge on any atom is -0.431 e. The SMILES string of the molecule is CCC(=O)O/C(=C/C1=CC(C)(C)CCN1CC(C)C)CC. The molecule has 1 heterocycles. The fraction of sp³-hybridized carbons (Fsp3) is 0.722. The Labute approximate surface area is 130 Å². The third kappa shape index (κ3) is 5.94. The molecule has 0 fully saturated rings. The molecule has 3 nitrogen and oxygen atoms in total. The van der Waals surface area contributed by atoms with Gasteiger partial charge in [-0.1, -0.05) is 47.6 Å². The van der Waals surface area contributed by atoms with Crippen LogP contribution in [0.3, 0.4) is 0 Å². The van der Waals surface area contributed by atoms with Gasteiger partial charge < -0.3 is 9.64 Å². The third-order valence-corrected chi connectivity index (χ3v) is 3.71. The van der Waals surface area contributed by atoms with E-state index < -0.39 is 0 Å². The van der Waals surface area contributed by atoms with Crippen molar-refractivity contribution >= 4 is 5.97 Å². The summed E-state index contributed by atoms with van der Waals surface area (Å²) in [6, 6.07) is 0. The number of hydrogen-bond acceptors (Lipinski definition) is 3. The summed E-state index contributed by atoms with van der Waals surface area (Å²) in [6.07, 6.45) is 6.68. The second-order valence-corrected chi connectivity index (χ2v) is 6.94. The molecule has 0 saturated carbocycles. The van der Waals surface area contributed by atoms with Gasteiger partial charge in [0, 0.05) is 31.6 Å². The average Bonchev–Trinajstić information content (AvgIpc) is 2.40. The molecule has 0 aromatic heterocycles. The maximum absolute atomic E-state index is 11.5. The van der Waals surface area contributed by atoms with Crippen molar-refractivity contribution in [2.75, 3.05) is 13.1 Å². The molecule has 1 aliphatic heterocycles. The summed E-state index contributed by atoms with van der Waals surface area (Å²) in [7, 11) is 0. The molecule has 0 aromatic carbocycles. The van der Waals surface area contributed by atoms with Gasteiger partial charge in [0.2, 0.25) is 0 Å². The summed E-state index contributed by atoms with van der Waals surface area (Å²) in [5.74, 6) is 1.22. The predicted octanol–water partition coefficient (Wildman–Crippen LogP) is 4.51. The van der Waals surface area contributed by atoms with Crippen molar-refractivity contribution in [3.63, 3.8) is 0 Å². The Balaban J connectivity index is 3.00. The van der Waals surface area contributed by atoms with Crippen molar-refractivity contribution in [3.8, 4) is 0 Å². The number of hydrogen-bond donors (Lipinski definition) is 0. The molecule has 0 aliphatic carbocycles. The summed E-state index contributed by atoms with van der Waals surface area (Å²) in [5.41, 5.74) is 1.40. The quantitative estimate of drug-likeness (QED) is 0.533. The van der Waals surface area contributed by atoms with Gasteiger partial charge in [0.1, 0.15) is 5.76 Å². The molecular formula is C18H31NO2. The van der Waals surface area contributed by atoms with Crippen LogP contribution in [0, 0.1) is 11.3 Å². The smallest absolute Gasteiger partial charge is 0.310 e. The van der Waals surface area contributed by atoms with Crippen LogP contribution in [0.4, 0.5) is 0 Å². The first-order valence-corrected chi connectivity index (χ1v) is 8.16. The highest BCUT2D eigenvalue weighted by Crippen LogP contribution is 2.32. The summed E-state index contributed by atoms with van der Waals surface area (Å²) in [5, 5.41) is 0. The molecule has 0 amide bonds. The Morgan fingerprint density at radius 1 is 1.38 bits per heavy atom. The first kappa shape index (κ1) is 17.8. The van der Waals surface area contributed by atoms with E-state index in [-0.39, 0.29) is 11.4 Å². The molecule has 0 unspecified atom stereocenters. The minimum atomic E-state index is -0.158. The number of carbonyl (C=O) groups excluding carboxylic acids is 1. The highest BCUT2D eigenvalue weighted by Gasteiger charge is 2.25. The van der Waals surface area contributed by atoms with Crippen LogP contribution in [-0.4, -0.2) is 24.0 Å². The Hall–Kier alpha value is -1.25. The lowest BCUT2D eigenvalue weighted by Gasteiger charge is -2.37. The van der Waals surface area contributed by atoms with E-state index in [1.54, 1.807) is 0 Å². The van der Waals surface area contributed by atoms with E-state index in [1.807, 2.05) is 13.8 Å². The van der Waals surface area contributed by atoms with Crippen molar-refractivity contribution in [2.24, 2.45) is 11.3 Å². The number of rotatable bonds is 6. The van der Waals surface area contributed by atoms with Crippen molar-refractivity contribution in [2.45, 2.75) is 60.8 Å². The molecule has 3 heteroatoms. The fourth-order valence-electron chi connectivity index (χ4n) is 2.47. The van der Waals surface area contributed by atoms with Gasteiger partial charge in [-0.15, -0.1) is 0 Å². The molecular weight excluding hydrogens is 262 g/mol. The molecule has 1 aliphatic rings. The largest absolute Gasteiger partial charge is 0.431 e. The van der Waals surface area contributed by atoms with Crippen molar-refractivity contribution in [1.29, 1.82) is 0 Å². The first-order valence-electron chi connectivity index (χ1n) is 8.16. The summed E-state index contributed by atoms with van der Waals surface area (Å²) in [6.45, 7) is 14.9. The Morgan fingerprint density at radius 3 is 2.57 bits per heavy atom. The standard InChI is InChI=1S/C18H31NO2/c1-7-16(21-17(20)8-2)11-15-12-18(5,6)9-10-19(15)13-14(3)4/h11-12,14H,7-10,13H2,1-6H3/b16-11+. The van der Waals surface area contributed by atoms with Gasteiger partial charge in [0.05, 0.1) is 0 Å². The van der Waals surface area contributed by atoms with Crippen LogP contribution in [0.2, 0.25) is 0 Å². The van der Waals surface area contributed by atoms with Crippen molar-refractivity contribution in [1.82, 2.24) is 4.90 Å². The fourth-order valence-corrected chi connectivity index (χ4v) is 2.47. The zero-order valence-electron chi connectivity index (χ0n) is 14.5. The molecule has 120 valence electrons. The zero-order chi connectivity index (χ0) is 16.0. The highest BCUT2D eigenvalue weighted by molar-refractivity contribution is 5.70. The molecule has 1 rings (SSSR count). The van der Waals surface area contributed by atoms with E-state index in [4.69, 9.17) is 4.74 Å². The van der Waals surface area contributed by atoms with Crippen LogP contribution < -0.4 is 0 Å². The molecule has 0 atom stereocenters. The summed E-state index contributed by atoms with van der Waals surface area (Å²) >= 11 is 0. The van der Waals surface area contributed by atoms with Gasteiger partial charge >= 0.3 is 5.97 Å². The summed E-state index contributed by atoms with van der Waals surface area (Å²) in [4.78, 5) is 13.9. The lowest BCUT2D eigenvalue weighted by atomic mass is 9.84. The van der Waals surface area contributed by atoms with Crippen LogP contribution in [0.15, 0.2) is 23.6 Å². The van der Waals surface area contributed by atoms with Gasteiger partial charge in [-0.2, -0.15) is 0 Å². The van der Waals surface area contributed by atoms with Crippen molar-refractivity contribution < 1.29 is 9.53 Å². The molecule has 0 bridgehead atoms. The topological polar surface area (TPSA) is 29.5 Å². The van der Waals surface area contributed by atoms with Crippen LogP contribution >= 0.6 is 0 Å². The summed E-state index contributed by atoms with van der Waals surface area (Å²) < 4.78 is 5.43. The van der Waals surface area contributed by atoms with Crippen LogP contribution in [0.1, 0.15) is 60.8 Å². The lowest BCUT2D eigenvalue weighted by Crippen LogP contribution is -2.35. The molecule has 0 saturated heterocycles. The normalized spacial score (nSPS) is 18.7. The van der Waals surface area contributed by atoms with Gasteiger partial charge in [-0.25, -0.2) is 0 Å². The lowest BCUT2D eigenvalue weighted by molar-refractivity contribution is -0.139. The second kappa shape index (κ2) is 7.67. The van der Waals surface area contributed by atoms with E-state index in [1.165, 1.54) is 5.70 Å². The van der Waals surface area contributed by atoms with Crippen LogP contribution in [0.5, 0.6) is 0 Å². The Bertz CT molecular complexity index is 419. The van der Waals surface area contributed by atoms with Crippen molar-refractivity contribution in [3.05, 3.63) is 23.6 Å². The minimum absolute atomic E-state index is 0.158. The average molecular weight is 293 g/mol. The molecule has 0 radical (unpaired) electrons.